The summed E-state index contributed by atoms with van der Waals surface area (Å²) in [6.07, 6.45) is 1.94. The number of carbonyl (C=O) groups is 1. The quantitative estimate of drug-likeness (QED) is 0.732. The minimum absolute atomic E-state index is 0.0396. The van der Waals surface area contributed by atoms with Gasteiger partial charge in [0.15, 0.2) is 0 Å². The van der Waals surface area contributed by atoms with Gasteiger partial charge in [-0.15, -0.1) is 0 Å². The van der Waals surface area contributed by atoms with Gasteiger partial charge in [-0.25, -0.2) is 0 Å². The van der Waals surface area contributed by atoms with E-state index in [-0.39, 0.29) is 5.91 Å². The van der Waals surface area contributed by atoms with E-state index >= 15 is 0 Å². The lowest BCUT2D eigenvalue weighted by atomic mass is 10.1. The largest absolute Gasteiger partial charge is 0.377 e. The Bertz CT molecular complexity index is 576. The molecule has 0 aliphatic heterocycles. The Morgan fingerprint density at radius 1 is 0.955 bits per heavy atom. The van der Waals surface area contributed by atoms with Crippen molar-refractivity contribution in [2.45, 2.75) is 19.4 Å². The summed E-state index contributed by atoms with van der Waals surface area (Å²) in [6.45, 7) is 1.41. The van der Waals surface area contributed by atoms with Crippen LogP contribution in [0.4, 0.5) is 0 Å². The number of benzene rings is 2. The van der Waals surface area contributed by atoms with Gasteiger partial charge < -0.3 is 9.64 Å². The van der Waals surface area contributed by atoms with Crippen LogP contribution in [-0.4, -0.2) is 31.5 Å². The van der Waals surface area contributed by atoms with Crippen molar-refractivity contribution in [1.82, 2.24) is 4.90 Å². The SMILES string of the molecule is CN(C)C(=O)c1ccc(CCCOCc2ccccc2)cc1. The van der Waals surface area contributed by atoms with Crippen LogP contribution in [0.1, 0.15) is 27.9 Å². The van der Waals surface area contributed by atoms with Crippen LogP contribution in [0, 0.1) is 0 Å². The summed E-state index contributed by atoms with van der Waals surface area (Å²) in [5.74, 6) is 0.0396. The zero-order chi connectivity index (χ0) is 15.8. The first kappa shape index (κ1) is 16.2. The molecule has 0 saturated heterocycles. The van der Waals surface area contributed by atoms with Gasteiger partial charge in [-0.3, -0.25) is 4.79 Å². The molecule has 2 aromatic rings. The lowest BCUT2D eigenvalue weighted by Gasteiger charge is -2.10. The molecule has 22 heavy (non-hydrogen) atoms. The van der Waals surface area contributed by atoms with E-state index in [1.165, 1.54) is 11.1 Å². The third-order valence-electron chi connectivity index (χ3n) is 3.47. The summed E-state index contributed by atoms with van der Waals surface area (Å²) >= 11 is 0. The molecule has 2 aromatic carbocycles. The first-order chi connectivity index (χ1) is 10.7. The fraction of sp³-hybridized carbons (Fsp3) is 0.316. The van der Waals surface area contributed by atoms with Gasteiger partial charge in [0.2, 0.25) is 0 Å². The number of nitrogens with zero attached hydrogens (tertiary/aromatic N) is 1. The molecule has 2 rings (SSSR count). The van der Waals surface area contributed by atoms with Crippen LogP contribution in [-0.2, 0) is 17.8 Å². The third kappa shape index (κ3) is 5.01. The maximum absolute atomic E-state index is 11.8. The molecule has 0 aromatic heterocycles. The summed E-state index contributed by atoms with van der Waals surface area (Å²) < 4.78 is 5.67. The van der Waals surface area contributed by atoms with E-state index in [2.05, 4.69) is 12.1 Å². The second-order valence-electron chi connectivity index (χ2n) is 5.54. The average molecular weight is 297 g/mol. The van der Waals surface area contributed by atoms with E-state index in [1.54, 1.807) is 19.0 Å². The fourth-order valence-electron chi connectivity index (χ4n) is 2.21. The standard InChI is InChI=1S/C19H23NO2/c1-20(2)19(21)18-12-10-16(11-13-18)9-6-14-22-15-17-7-4-3-5-8-17/h3-5,7-8,10-13H,6,9,14-15H2,1-2H3. The van der Waals surface area contributed by atoms with E-state index in [0.29, 0.717) is 6.61 Å². The van der Waals surface area contributed by atoms with Crippen molar-refractivity contribution in [3.05, 3.63) is 71.3 Å². The molecule has 1 amide bonds. The van der Waals surface area contributed by atoms with Crippen molar-refractivity contribution >= 4 is 5.91 Å². The molecule has 0 N–H and O–H groups in total. The number of aryl methyl sites for hydroxylation is 1. The van der Waals surface area contributed by atoms with Crippen molar-refractivity contribution in [2.75, 3.05) is 20.7 Å². The molecule has 0 radical (unpaired) electrons. The van der Waals surface area contributed by atoms with Crippen LogP contribution in [0.2, 0.25) is 0 Å². The Kier molecular flexibility index (Phi) is 6.16. The molecule has 0 atom stereocenters. The van der Waals surface area contributed by atoms with Gasteiger partial charge in [0, 0.05) is 26.3 Å². The van der Waals surface area contributed by atoms with Crippen LogP contribution in [0.3, 0.4) is 0 Å². The highest BCUT2D eigenvalue weighted by molar-refractivity contribution is 5.93. The Balaban J connectivity index is 1.70. The number of ether oxygens (including phenoxy) is 1. The zero-order valence-electron chi connectivity index (χ0n) is 13.3. The molecule has 3 nitrogen and oxygen atoms in total. The number of amides is 1. The lowest BCUT2D eigenvalue weighted by molar-refractivity contribution is 0.0827. The molecule has 0 heterocycles. The molecule has 116 valence electrons. The van der Waals surface area contributed by atoms with E-state index in [4.69, 9.17) is 4.74 Å². The average Bonchev–Trinajstić information content (AvgIpc) is 2.55. The molecular weight excluding hydrogens is 274 g/mol. The Morgan fingerprint density at radius 2 is 1.64 bits per heavy atom. The number of hydrogen-bond acceptors (Lipinski definition) is 2. The highest BCUT2D eigenvalue weighted by atomic mass is 16.5. The highest BCUT2D eigenvalue weighted by Gasteiger charge is 2.06. The van der Waals surface area contributed by atoms with Crippen LogP contribution >= 0.6 is 0 Å². The molecule has 3 heteroatoms. The molecule has 0 spiro atoms. The van der Waals surface area contributed by atoms with E-state index in [0.717, 1.165) is 25.0 Å². The van der Waals surface area contributed by atoms with Gasteiger partial charge >= 0.3 is 0 Å². The van der Waals surface area contributed by atoms with Crippen LogP contribution in [0.25, 0.3) is 0 Å². The van der Waals surface area contributed by atoms with Gasteiger partial charge in [-0.05, 0) is 36.1 Å². The molecule has 0 aliphatic rings. The Hall–Kier alpha value is -2.13. The fourth-order valence-corrected chi connectivity index (χ4v) is 2.21. The van der Waals surface area contributed by atoms with Crippen LogP contribution in [0.15, 0.2) is 54.6 Å². The summed E-state index contributed by atoms with van der Waals surface area (Å²) in [7, 11) is 3.53. The van der Waals surface area contributed by atoms with Crippen molar-refractivity contribution < 1.29 is 9.53 Å². The second kappa shape index (κ2) is 8.35. The topological polar surface area (TPSA) is 29.5 Å². The number of carbonyl (C=O) groups excluding carboxylic acids is 1. The minimum Gasteiger partial charge on any atom is -0.377 e. The van der Waals surface area contributed by atoms with Crippen molar-refractivity contribution in [3.63, 3.8) is 0 Å². The molecule has 0 aliphatic carbocycles. The molecule has 0 fully saturated rings. The highest BCUT2D eigenvalue weighted by Crippen LogP contribution is 2.09. The maximum atomic E-state index is 11.8. The van der Waals surface area contributed by atoms with Gasteiger partial charge in [0.1, 0.15) is 0 Å². The van der Waals surface area contributed by atoms with Crippen molar-refractivity contribution in [1.29, 1.82) is 0 Å². The predicted molar refractivity (Wildman–Crippen MR) is 88.9 cm³/mol. The number of rotatable bonds is 7. The van der Waals surface area contributed by atoms with Crippen molar-refractivity contribution in [3.8, 4) is 0 Å². The van der Waals surface area contributed by atoms with Gasteiger partial charge in [0.05, 0.1) is 6.61 Å². The second-order valence-corrected chi connectivity index (χ2v) is 5.54. The molecule has 0 bridgehead atoms. The Labute approximate surface area is 132 Å². The van der Waals surface area contributed by atoms with Crippen molar-refractivity contribution in [2.24, 2.45) is 0 Å². The Morgan fingerprint density at radius 3 is 2.27 bits per heavy atom. The monoisotopic (exact) mass is 297 g/mol. The maximum Gasteiger partial charge on any atom is 0.253 e. The lowest BCUT2D eigenvalue weighted by Crippen LogP contribution is -2.21. The smallest absolute Gasteiger partial charge is 0.253 e. The predicted octanol–water partition coefficient (Wildman–Crippen LogP) is 3.54. The molecule has 0 unspecified atom stereocenters. The first-order valence-electron chi connectivity index (χ1n) is 7.59. The summed E-state index contributed by atoms with van der Waals surface area (Å²) in [5, 5.41) is 0. The summed E-state index contributed by atoms with van der Waals surface area (Å²) in [4.78, 5) is 13.4. The number of hydrogen-bond donors (Lipinski definition) is 0. The van der Waals surface area contributed by atoms with Crippen LogP contribution in [0.5, 0.6) is 0 Å². The first-order valence-corrected chi connectivity index (χ1v) is 7.59. The minimum atomic E-state index is 0.0396. The van der Waals surface area contributed by atoms with Gasteiger partial charge in [-0.2, -0.15) is 0 Å². The van der Waals surface area contributed by atoms with Gasteiger partial charge in [0.25, 0.3) is 5.91 Å². The normalized spacial score (nSPS) is 10.5. The molecular formula is C19H23NO2. The molecule has 0 saturated carbocycles. The summed E-state index contributed by atoms with van der Waals surface area (Å²) in [5.41, 5.74) is 3.17. The van der Waals surface area contributed by atoms with E-state index < -0.39 is 0 Å². The van der Waals surface area contributed by atoms with E-state index in [9.17, 15) is 4.79 Å². The third-order valence-corrected chi connectivity index (χ3v) is 3.47. The van der Waals surface area contributed by atoms with Crippen LogP contribution < -0.4 is 0 Å². The van der Waals surface area contributed by atoms with E-state index in [1.807, 2.05) is 42.5 Å². The summed E-state index contributed by atoms with van der Waals surface area (Å²) in [6, 6.07) is 18.0. The zero-order valence-corrected chi connectivity index (χ0v) is 13.3. The van der Waals surface area contributed by atoms with Gasteiger partial charge in [-0.1, -0.05) is 42.5 Å².